The topological polar surface area (TPSA) is 28.7 Å². The third-order valence-corrected chi connectivity index (χ3v) is 3.91. The molecule has 0 spiro atoms. The van der Waals surface area contributed by atoms with Crippen molar-refractivity contribution in [2.45, 2.75) is 0 Å². The monoisotopic (exact) mass is 332 g/mol. The average Bonchev–Trinajstić information content (AvgIpc) is 2.47. The van der Waals surface area contributed by atoms with Crippen molar-refractivity contribution in [3.63, 3.8) is 0 Å². The van der Waals surface area contributed by atoms with Gasteiger partial charge in [0.2, 0.25) is 0 Å². The maximum absolute atomic E-state index is 6.24. The zero-order valence-corrected chi connectivity index (χ0v) is 13.1. The molecule has 0 unspecified atom stereocenters. The molecule has 0 radical (unpaired) electrons. The Morgan fingerprint density at radius 3 is 2.05 bits per heavy atom. The van der Waals surface area contributed by atoms with Crippen LogP contribution in [-0.4, -0.2) is 9.97 Å². The molecular weight excluding hydrogens is 323 g/mol. The maximum Gasteiger partial charge on any atom is 0.197 e. The van der Waals surface area contributed by atoms with Crippen molar-refractivity contribution in [3.05, 3.63) is 69.4 Å². The largest absolute Gasteiger partial charge is 0.330 e. The first kappa shape index (κ1) is 14.3. The van der Waals surface area contributed by atoms with Gasteiger partial charge in [0.15, 0.2) is 4.77 Å². The van der Waals surface area contributed by atoms with E-state index in [2.05, 4.69) is 9.97 Å². The van der Waals surface area contributed by atoms with Crippen molar-refractivity contribution in [3.8, 4) is 22.5 Å². The van der Waals surface area contributed by atoms with Crippen LogP contribution in [0, 0.1) is 4.77 Å². The van der Waals surface area contributed by atoms with E-state index >= 15 is 0 Å². The fraction of sp³-hybridized carbons (Fsp3) is 0. The van der Waals surface area contributed by atoms with E-state index < -0.39 is 0 Å². The third-order valence-electron chi connectivity index (χ3n) is 3.06. The predicted molar refractivity (Wildman–Crippen MR) is 90.3 cm³/mol. The highest BCUT2D eigenvalue weighted by Crippen LogP contribution is 2.31. The zero-order valence-electron chi connectivity index (χ0n) is 10.8. The third kappa shape index (κ3) is 3.00. The van der Waals surface area contributed by atoms with Crippen LogP contribution in [0.25, 0.3) is 22.5 Å². The van der Waals surface area contributed by atoms with E-state index in [1.54, 1.807) is 0 Å². The molecule has 0 aliphatic rings. The molecule has 1 heterocycles. The molecule has 3 aromatic rings. The number of benzene rings is 2. The van der Waals surface area contributed by atoms with Gasteiger partial charge in [-0.05, 0) is 30.4 Å². The Labute approximate surface area is 137 Å². The van der Waals surface area contributed by atoms with Gasteiger partial charge < -0.3 is 4.98 Å². The van der Waals surface area contributed by atoms with Gasteiger partial charge in [-0.15, -0.1) is 0 Å². The molecule has 0 atom stereocenters. The summed E-state index contributed by atoms with van der Waals surface area (Å²) in [4.78, 5) is 7.42. The van der Waals surface area contributed by atoms with Crippen LogP contribution < -0.4 is 0 Å². The van der Waals surface area contributed by atoms with Crippen molar-refractivity contribution in [1.29, 1.82) is 0 Å². The van der Waals surface area contributed by atoms with Gasteiger partial charge >= 0.3 is 0 Å². The molecule has 1 N–H and O–H groups in total. The summed E-state index contributed by atoms with van der Waals surface area (Å²) in [5, 5.41) is 1.29. The molecule has 104 valence electrons. The van der Waals surface area contributed by atoms with Gasteiger partial charge in [-0.3, -0.25) is 0 Å². The number of aromatic amines is 1. The highest BCUT2D eigenvalue weighted by atomic mass is 35.5. The minimum atomic E-state index is 0.391. The number of hydrogen-bond acceptors (Lipinski definition) is 2. The molecule has 0 saturated carbocycles. The summed E-state index contributed by atoms with van der Waals surface area (Å²) in [7, 11) is 0. The zero-order chi connectivity index (χ0) is 14.8. The number of hydrogen-bond donors (Lipinski definition) is 1. The van der Waals surface area contributed by atoms with E-state index in [1.165, 1.54) is 0 Å². The van der Waals surface area contributed by atoms with Crippen LogP contribution in [0.3, 0.4) is 0 Å². The summed E-state index contributed by atoms with van der Waals surface area (Å²) in [6.07, 6.45) is 0. The molecule has 0 bridgehead atoms. The summed E-state index contributed by atoms with van der Waals surface area (Å²) in [6.45, 7) is 0. The Morgan fingerprint density at radius 2 is 1.43 bits per heavy atom. The molecular formula is C16H10Cl2N2S. The van der Waals surface area contributed by atoms with Gasteiger partial charge in [-0.2, -0.15) is 0 Å². The van der Waals surface area contributed by atoms with Crippen molar-refractivity contribution >= 4 is 35.4 Å². The molecule has 0 aliphatic carbocycles. The number of rotatable bonds is 2. The van der Waals surface area contributed by atoms with Crippen LogP contribution in [-0.2, 0) is 0 Å². The molecule has 0 amide bonds. The first-order chi connectivity index (χ1) is 10.1. The van der Waals surface area contributed by atoms with Crippen LogP contribution in [0.5, 0.6) is 0 Å². The van der Waals surface area contributed by atoms with E-state index in [1.807, 2.05) is 54.6 Å². The van der Waals surface area contributed by atoms with Crippen molar-refractivity contribution in [2.75, 3.05) is 0 Å². The summed E-state index contributed by atoms with van der Waals surface area (Å²) in [5.41, 5.74) is 3.25. The van der Waals surface area contributed by atoms with E-state index in [4.69, 9.17) is 35.4 Å². The Morgan fingerprint density at radius 1 is 0.857 bits per heavy atom. The van der Waals surface area contributed by atoms with Gasteiger partial charge in [0, 0.05) is 21.2 Å². The lowest BCUT2D eigenvalue weighted by atomic mass is 10.1. The van der Waals surface area contributed by atoms with Crippen LogP contribution >= 0.6 is 35.4 Å². The van der Waals surface area contributed by atoms with Gasteiger partial charge in [0.25, 0.3) is 0 Å². The molecule has 0 saturated heterocycles. The second-order valence-corrected chi connectivity index (χ2v) is 5.65. The minimum absolute atomic E-state index is 0.391. The first-order valence-corrected chi connectivity index (χ1v) is 7.43. The highest BCUT2D eigenvalue weighted by Gasteiger charge is 2.09. The number of aromatic nitrogens is 2. The molecule has 0 fully saturated rings. The summed E-state index contributed by atoms with van der Waals surface area (Å²) in [5.74, 6) is 0. The van der Waals surface area contributed by atoms with Gasteiger partial charge in [-0.25, -0.2) is 4.98 Å². The lowest BCUT2D eigenvalue weighted by Gasteiger charge is -2.08. The van der Waals surface area contributed by atoms with Gasteiger partial charge in [-0.1, -0.05) is 59.6 Å². The van der Waals surface area contributed by atoms with Crippen LogP contribution in [0.15, 0.2) is 54.6 Å². The summed E-state index contributed by atoms with van der Waals surface area (Å²) in [6, 6.07) is 17.0. The lowest BCUT2D eigenvalue weighted by Crippen LogP contribution is -1.92. The fourth-order valence-electron chi connectivity index (χ4n) is 2.09. The van der Waals surface area contributed by atoms with Crippen molar-refractivity contribution in [1.82, 2.24) is 9.97 Å². The predicted octanol–water partition coefficient (Wildman–Crippen LogP) is 5.78. The lowest BCUT2D eigenvalue weighted by molar-refractivity contribution is 1.14. The minimum Gasteiger partial charge on any atom is -0.330 e. The number of nitrogens with one attached hydrogen (secondary N) is 1. The Kier molecular flexibility index (Phi) is 4.06. The standard InChI is InChI=1S/C16H10Cl2N2S/c17-12-7-3-1-5-10(12)14-9-15(20-16(21)19-14)11-6-2-4-8-13(11)18/h1-9H,(H,19,20,21). The second kappa shape index (κ2) is 5.98. The summed E-state index contributed by atoms with van der Waals surface area (Å²) >= 11 is 17.7. The molecule has 3 rings (SSSR count). The number of halogens is 2. The Hall–Kier alpha value is -1.68. The van der Waals surface area contributed by atoms with Crippen LogP contribution in [0.2, 0.25) is 10.0 Å². The molecule has 5 heteroatoms. The van der Waals surface area contributed by atoms with Crippen LogP contribution in [0.4, 0.5) is 0 Å². The van der Waals surface area contributed by atoms with Crippen molar-refractivity contribution < 1.29 is 0 Å². The average molecular weight is 333 g/mol. The van der Waals surface area contributed by atoms with E-state index in [9.17, 15) is 0 Å². The van der Waals surface area contributed by atoms with Gasteiger partial charge in [0.1, 0.15) is 0 Å². The fourth-order valence-corrected chi connectivity index (χ4v) is 2.77. The highest BCUT2D eigenvalue weighted by molar-refractivity contribution is 7.71. The van der Waals surface area contributed by atoms with E-state index in [-0.39, 0.29) is 0 Å². The van der Waals surface area contributed by atoms with E-state index in [0.717, 1.165) is 22.5 Å². The van der Waals surface area contributed by atoms with E-state index in [0.29, 0.717) is 14.8 Å². The smallest absolute Gasteiger partial charge is 0.197 e. The number of nitrogens with zero attached hydrogens (tertiary/aromatic N) is 1. The second-order valence-electron chi connectivity index (χ2n) is 4.44. The maximum atomic E-state index is 6.24. The molecule has 2 aromatic carbocycles. The first-order valence-electron chi connectivity index (χ1n) is 6.26. The molecule has 21 heavy (non-hydrogen) atoms. The Bertz CT molecular complexity index is 792. The number of H-pyrrole nitrogens is 1. The molecule has 0 aliphatic heterocycles. The van der Waals surface area contributed by atoms with Gasteiger partial charge in [0.05, 0.1) is 11.4 Å². The summed E-state index contributed by atoms with van der Waals surface area (Å²) < 4.78 is 0.391. The normalized spacial score (nSPS) is 10.6. The molecule has 2 nitrogen and oxygen atoms in total. The molecule has 1 aromatic heterocycles. The van der Waals surface area contributed by atoms with Crippen LogP contribution in [0.1, 0.15) is 0 Å². The Balaban J connectivity index is 2.21. The SMILES string of the molecule is S=c1nc(-c2ccccc2Cl)cc(-c2ccccc2Cl)[nH]1. The quantitative estimate of drug-likeness (QED) is 0.602. The van der Waals surface area contributed by atoms with Crippen molar-refractivity contribution in [2.24, 2.45) is 0 Å².